The molecular weight excluding hydrogens is 294 g/mol. The first-order valence-electron chi connectivity index (χ1n) is 9.10. The monoisotopic (exact) mass is 325 g/mol. The number of nitrogens with zero attached hydrogens (tertiary/aromatic N) is 2. The number of ether oxygens (including phenoxy) is 1. The molecule has 0 amide bonds. The van der Waals surface area contributed by atoms with Crippen LogP contribution in [0.2, 0.25) is 0 Å². The molecule has 126 valence electrons. The van der Waals surface area contributed by atoms with Crippen LogP contribution in [0, 0.1) is 11.8 Å². The maximum absolute atomic E-state index is 5.72. The predicted octanol–water partition coefficient (Wildman–Crippen LogP) is 2.09. The van der Waals surface area contributed by atoms with E-state index in [-0.39, 0.29) is 0 Å². The van der Waals surface area contributed by atoms with Gasteiger partial charge < -0.3 is 15.0 Å². The average molecular weight is 326 g/mol. The highest BCUT2D eigenvalue weighted by Crippen LogP contribution is 2.38. The summed E-state index contributed by atoms with van der Waals surface area (Å²) in [6, 6.07) is 0.695. The second kappa shape index (κ2) is 7.93. The highest BCUT2D eigenvalue weighted by Gasteiger charge is 2.38. The molecular formula is C17H31N3OS. The van der Waals surface area contributed by atoms with Crippen LogP contribution in [0.3, 0.4) is 0 Å². The quantitative estimate of drug-likeness (QED) is 0.802. The highest BCUT2D eigenvalue weighted by atomic mass is 32.1. The summed E-state index contributed by atoms with van der Waals surface area (Å²) < 4.78 is 5.40. The Kier molecular flexibility index (Phi) is 5.94. The van der Waals surface area contributed by atoms with Gasteiger partial charge >= 0.3 is 0 Å². The molecule has 0 spiro atoms. The van der Waals surface area contributed by atoms with Gasteiger partial charge in [0, 0.05) is 38.8 Å². The van der Waals surface area contributed by atoms with E-state index in [0.29, 0.717) is 6.04 Å². The second-order valence-electron chi connectivity index (χ2n) is 7.16. The van der Waals surface area contributed by atoms with Crippen molar-refractivity contribution in [2.45, 2.75) is 45.1 Å². The molecule has 2 saturated heterocycles. The van der Waals surface area contributed by atoms with Crippen molar-refractivity contribution in [3.8, 4) is 0 Å². The lowest BCUT2D eigenvalue weighted by Gasteiger charge is -2.48. The van der Waals surface area contributed by atoms with Gasteiger partial charge in [-0.1, -0.05) is 19.8 Å². The first-order chi connectivity index (χ1) is 10.8. The Morgan fingerprint density at radius 3 is 2.73 bits per heavy atom. The molecule has 0 radical (unpaired) electrons. The van der Waals surface area contributed by atoms with E-state index in [1.807, 2.05) is 0 Å². The van der Waals surface area contributed by atoms with Gasteiger partial charge in [0.2, 0.25) is 0 Å². The molecule has 0 aromatic heterocycles. The molecule has 4 nitrogen and oxygen atoms in total. The van der Waals surface area contributed by atoms with Gasteiger partial charge in [-0.25, -0.2) is 0 Å². The number of nitrogens with one attached hydrogen (secondary N) is 1. The van der Waals surface area contributed by atoms with Crippen LogP contribution in [0.25, 0.3) is 0 Å². The number of hydrogen-bond acceptors (Lipinski definition) is 3. The molecule has 2 heterocycles. The number of fused-ring (bicyclic) bond motifs is 1. The average Bonchev–Trinajstić information content (AvgIpc) is 2.56. The summed E-state index contributed by atoms with van der Waals surface area (Å²) in [5, 5.41) is 4.52. The summed E-state index contributed by atoms with van der Waals surface area (Å²) in [7, 11) is 0. The van der Waals surface area contributed by atoms with Crippen molar-refractivity contribution >= 4 is 17.3 Å². The minimum Gasteiger partial charge on any atom is -0.379 e. The SMILES string of the molecule is C[C@@H]1CCN(C(=S)NCCN2CCOCC2)[C@H]2CCCC[C@H]12. The van der Waals surface area contributed by atoms with Crippen LogP contribution in [0.15, 0.2) is 0 Å². The summed E-state index contributed by atoms with van der Waals surface area (Å²) in [4.78, 5) is 4.97. The Labute approximate surface area is 140 Å². The molecule has 5 heteroatoms. The number of rotatable bonds is 3. The standard InChI is InChI=1S/C17H31N3OS/c1-14-6-8-20(16-5-3-2-4-15(14)16)17(22)18-7-9-19-10-12-21-13-11-19/h14-16H,2-13H2,1H3,(H,18,22)/t14-,15-,16+/m1/s1. The third-order valence-electron chi connectivity index (χ3n) is 5.81. The third kappa shape index (κ3) is 3.92. The van der Waals surface area contributed by atoms with E-state index in [4.69, 9.17) is 17.0 Å². The molecule has 0 aromatic carbocycles. The van der Waals surface area contributed by atoms with Crippen molar-refractivity contribution in [3.63, 3.8) is 0 Å². The number of thiocarbonyl (C=S) groups is 1. The summed E-state index contributed by atoms with van der Waals surface area (Å²) in [5.41, 5.74) is 0. The Morgan fingerprint density at radius 2 is 1.91 bits per heavy atom. The van der Waals surface area contributed by atoms with Gasteiger partial charge in [-0.15, -0.1) is 0 Å². The number of hydrogen-bond donors (Lipinski definition) is 1. The largest absolute Gasteiger partial charge is 0.379 e. The van der Waals surface area contributed by atoms with Gasteiger partial charge in [-0.2, -0.15) is 0 Å². The van der Waals surface area contributed by atoms with Gasteiger partial charge in [-0.3, -0.25) is 4.90 Å². The zero-order valence-corrected chi connectivity index (χ0v) is 14.7. The molecule has 0 unspecified atom stereocenters. The Morgan fingerprint density at radius 1 is 1.14 bits per heavy atom. The molecule has 1 saturated carbocycles. The summed E-state index contributed by atoms with van der Waals surface area (Å²) in [5.74, 6) is 1.74. The van der Waals surface area contributed by atoms with Crippen molar-refractivity contribution in [2.24, 2.45) is 11.8 Å². The topological polar surface area (TPSA) is 27.7 Å². The lowest BCUT2D eigenvalue weighted by Crippen LogP contribution is -2.55. The predicted molar refractivity (Wildman–Crippen MR) is 94.1 cm³/mol. The van der Waals surface area contributed by atoms with Crippen LogP contribution in [-0.4, -0.2) is 66.9 Å². The van der Waals surface area contributed by atoms with E-state index in [0.717, 1.165) is 62.9 Å². The van der Waals surface area contributed by atoms with Gasteiger partial charge in [0.05, 0.1) is 13.2 Å². The van der Waals surface area contributed by atoms with E-state index in [2.05, 4.69) is 22.0 Å². The third-order valence-corrected chi connectivity index (χ3v) is 6.19. The molecule has 0 aromatic rings. The Balaban J connectivity index is 1.46. The van der Waals surface area contributed by atoms with Crippen LogP contribution >= 0.6 is 12.2 Å². The fraction of sp³-hybridized carbons (Fsp3) is 0.941. The van der Waals surface area contributed by atoms with Crippen molar-refractivity contribution in [1.29, 1.82) is 0 Å². The van der Waals surface area contributed by atoms with E-state index in [1.165, 1.54) is 32.1 Å². The normalized spacial score (nSPS) is 33.3. The van der Waals surface area contributed by atoms with Crippen molar-refractivity contribution in [2.75, 3.05) is 45.9 Å². The summed E-state index contributed by atoms with van der Waals surface area (Å²) in [6.07, 6.45) is 6.82. The fourth-order valence-corrected chi connectivity index (χ4v) is 4.74. The molecule has 0 bridgehead atoms. The first-order valence-corrected chi connectivity index (χ1v) is 9.51. The second-order valence-corrected chi connectivity index (χ2v) is 7.55. The lowest BCUT2D eigenvalue weighted by atomic mass is 9.73. The zero-order valence-electron chi connectivity index (χ0n) is 13.9. The van der Waals surface area contributed by atoms with E-state index < -0.39 is 0 Å². The number of likely N-dealkylation sites (tertiary alicyclic amines) is 1. The van der Waals surface area contributed by atoms with Gasteiger partial charge in [0.15, 0.2) is 5.11 Å². The Hall–Kier alpha value is -0.390. The highest BCUT2D eigenvalue weighted by molar-refractivity contribution is 7.80. The molecule has 3 rings (SSSR count). The van der Waals surface area contributed by atoms with E-state index in [1.54, 1.807) is 0 Å². The lowest BCUT2D eigenvalue weighted by molar-refractivity contribution is 0.0385. The molecule has 1 aliphatic carbocycles. The summed E-state index contributed by atoms with van der Waals surface area (Å²) >= 11 is 5.72. The van der Waals surface area contributed by atoms with E-state index >= 15 is 0 Å². The van der Waals surface area contributed by atoms with Crippen LogP contribution in [-0.2, 0) is 4.74 Å². The Bertz CT molecular complexity index is 373. The molecule has 3 fully saturated rings. The van der Waals surface area contributed by atoms with Crippen molar-refractivity contribution in [1.82, 2.24) is 15.1 Å². The minimum atomic E-state index is 0.695. The molecule has 3 atom stereocenters. The number of morpholine rings is 1. The molecule has 3 aliphatic rings. The van der Waals surface area contributed by atoms with E-state index in [9.17, 15) is 0 Å². The molecule has 22 heavy (non-hydrogen) atoms. The summed E-state index contributed by atoms with van der Waals surface area (Å²) in [6.45, 7) is 9.47. The van der Waals surface area contributed by atoms with Gasteiger partial charge in [0.1, 0.15) is 0 Å². The van der Waals surface area contributed by atoms with Crippen LogP contribution in [0.1, 0.15) is 39.0 Å². The van der Waals surface area contributed by atoms with Crippen molar-refractivity contribution < 1.29 is 4.74 Å². The van der Waals surface area contributed by atoms with Gasteiger partial charge in [0.25, 0.3) is 0 Å². The molecule has 2 aliphatic heterocycles. The van der Waals surface area contributed by atoms with Gasteiger partial charge in [-0.05, 0) is 43.3 Å². The van der Waals surface area contributed by atoms with Crippen LogP contribution < -0.4 is 5.32 Å². The first kappa shape index (κ1) is 16.5. The maximum Gasteiger partial charge on any atom is 0.169 e. The maximum atomic E-state index is 5.72. The fourth-order valence-electron chi connectivity index (χ4n) is 4.41. The van der Waals surface area contributed by atoms with Crippen LogP contribution in [0.5, 0.6) is 0 Å². The van der Waals surface area contributed by atoms with Crippen LogP contribution in [0.4, 0.5) is 0 Å². The number of piperidine rings is 1. The smallest absolute Gasteiger partial charge is 0.169 e. The molecule has 1 N–H and O–H groups in total. The van der Waals surface area contributed by atoms with Crippen molar-refractivity contribution in [3.05, 3.63) is 0 Å². The zero-order chi connectivity index (χ0) is 15.4. The minimum absolute atomic E-state index is 0.695.